The number of halogens is 1. The molecule has 2 saturated carbocycles. The molecular weight excluding hydrogens is 738 g/mol. The first-order valence-corrected chi connectivity index (χ1v) is 21.4. The largest absolute Gasteiger partial charge is 0.444 e. The maximum absolute atomic E-state index is 13.1. The van der Waals surface area contributed by atoms with Crippen molar-refractivity contribution in [1.82, 2.24) is 24.0 Å². The molecule has 7 rings (SSSR count). The van der Waals surface area contributed by atoms with Gasteiger partial charge >= 0.3 is 6.09 Å². The highest BCUT2D eigenvalue weighted by atomic mass is 79.9. The lowest BCUT2D eigenvalue weighted by atomic mass is 9.92. The highest BCUT2D eigenvalue weighted by Crippen LogP contribution is 2.36. The molecule has 2 aromatic carbocycles. The third kappa shape index (κ3) is 10.2. The maximum Gasteiger partial charge on any atom is 0.410 e. The van der Waals surface area contributed by atoms with Crippen molar-refractivity contribution >= 4 is 53.9 Å². The fourth-order valence-corrected chi connectivity index (χ4v) is 8.75. The second kappa shape index (κ2) is 14.4. The van der Waals surface area contributed by atoms with E-state index < -0.39 is 15.4 Å². The number of fused-ring (bicyclic) bond motifs is 2. The van der Waals surface area contributed by atoms with E-state index in [1.807, 2.05) is 26.8 Å². The highest BCUT2D eigenvalue weighted by molar-refractivity contribution is 9.10. The SMILES string of the molecule is CC(C)(C)Cc1nc2cc(Br)ccc2n1CC1CC1.CC(C)(C)Cc1nc2cc(S(=O)(=O)CC3CN(C(=O)OC(C)(C)C)C3)ccc2n1CC1CC1. The zero-order chi connectivity index (χ0) is 37.8. The first kappa shape index (κ1) is 38.8. The Morgan fingerprint density at radius 1 is 0.750 bits per heavy atom. The van der Waals surface area contributed by atoms with Crippen LogP contribution in [-0.4, -0.2) is 63.0 Å². The zero-order valence-electron chi connectivity index (χ0n) is 32.6. The van der Waals surface area contributed by atoms with Crippen molar-refractivity contribution in [3.63, 3.8) is 0 Å². The smallest absolute Gasteiger partial charge is 0.410 e. The van der Waals surface area contributed by atoms with Gasteiger partial charge in [-0.25, -0.2) is 23.2 Å². The molecule has 0 spiro atoms. The maximum atomic E-state index is 13.1. The van der Waals surface area contributed by atoms with Crippen molar-refractivity contribution < 1.29 is 17.9 Å². The van der Waals surface area contributed by atoms with E-state index in [9.17, 15) is 13.2 Å². The number of sulfone groups is 1. The van der Waals surface area contributed by atoms with Crippen LogP contribution >= 0.6 is 15.9 Å². The second-order valence-electron chi connectivity index (χ2n) is 19.0. The minimum absolute atomic E-state index is 0.0232. The lowest BCUT2D eigenvalue weighted by molar-refractivity contribution is 0.00190. The van der Waals surface area contributed by atoms with E-state index >= 15 is 0 Å². The molecule has 0 atom stereocenters. The summed E-state index contributed by atoms with van der Waals surface area (Å²) in [6.07, 6.45) is 6.76. The molecule has 3 heterocycles. The van der Waals surface area contributed by atoms with Crippen LogP contribution < -0.4 is 0 Å². The van der Waals surface area contributed by atoms with Crippen LogP contribution in [0.5, 0.6) is 0 Å². The average Bonchev–Trinajstić information content (AvgIpc) is 3.90. The molecule has 0 N–H and O–H groups in total. The van der Waals surface area contributed by atoms with E-state index in [2.05, 4.69) is 84.8 Å². The van der Waals surface area contributed by atoms with Crippen molar-refractivity contribution in [1.29, 1.82) is 0 Å². The summed E-state index contributed by atoms with van der Waals surface area (Å²) < 4.78 is 37.5. The van der Waals surface area contributed by atoms with Crippen LogP contribution in [0.3, 0.4) is 0 Å². The van der Waals surface area contributed by atoms with Crippen LogP contribution in [0.1, 0.15) is 99.6 Å². The van der Waals surface area contributed by atoms with Crippen molar-refractivity contribution in [3.05, 3.63) is 52.5 Å². The average molecular weight is 797 g/mol. The van der Waals surface area contributed by atoms with Crippen molar-refractivity contribution in [2.24, 2.45) is 28.6 Å². The molecule has 4 aromatic rings. The van der Waals surface area contributed by atoms with Crippen LogP contribution in [-0.2, 0) is 40.5 Å². The Hall–Kier alpha value is -2.92. The predicted octanol–water partition coefficient (Wildman–Crippen LogP) is 9.47. The molecule has 284 valence electrons. The van der Waals surface area contributed by atoms with Gasteiger partial charge in [0.2, 0.25) is 0 Å². The molecular formula is C41H58BrN5O4S. The number of aromatic nitrogens is 4. The van der Waals surface area contributed by atoms with Gasteiger partial charge < -0.3 is 18.8 Å². The number of carbonyl (C=O) groups is 1. The van der Waals surface area contributed by atoms with Crippen LogP contribution in [0.25, 0.3) is 22.1 Å². The minimum Gasteiger partial charge on any atom is -0.444 e. The number of hydrogen-bond acceptors (Lipinski definition) is 6. The summed E-state index contributed by atoms with van der Waals surface area (Å²) in [7, 11) is -3.47. The quantitative estimate of drug-likeness (QED) is 0.167. The normalized spacial score (nSPS) is 17.3. The molecule has 1 aliphatic heterocycles. The van der Waals surface area contributed by atoms with Gasteiger partial charge in [0, 0.05) is 49.4 Å². The first-order valence-electron chi connectivity index (χ1n) is 19.0. The lowest BCUT2D eigenvalue weighted by Crippen LogP contribution is -2.53. The van der Waals surface area contributed by atoms with Crippen LogP contribution in [0.15, 0.2) is 45.8 Å². The Balaban J connectivity index is 0.000000206. The molecule has 3 aliphatic rings. The molecule has 11 heteroatoms. The van der Waals surface area contributed by atoms with Crippen LogP contribution in [0, 0.1) is 28.6 Å². The predicted molar refractivity (Wildman–Crippen MR) is 212 cm³/mol. The number of likely N-dealkylation sites (tertiary alicyclic amines) is 1. The minimum atomic E-state index is -3.47. The molecule has 1 saturated heterocycles. The summed E-state index contributed by atoms with van der Waals surface area (Å²) >= 11 is 3.54. The third-order valence-electron chi connectivity index (χ3n) is 9.66. The molecule has 3 fully saturated rings. The Kier molecular flexibility index (Phi) is 10.7. The van der Waals surface area contributed by atoms with E-state index in [-0.39, 0.29) is 28.6 Å². The molecule has 2 aliphatic carbocycles. The number of nitrogens with zero attached hydrogens (tertiary/aromatic N) is 5. The number of carbonyl (C=O) groups excluding carboxylic acids is 1. The molecule has 2 aromatic heterocycles. The Bertz CT molecular complexity index is 2030. The Labute approximate surface area is 318 Å². The first-order chi connectivity index (χ1) is 24.1. The monoisotopic (exact) mass is 795 g/mol. The fourth-order valence-electron chi connectivity index (χ4n) is 6.81. The zero-order valence-corrected chi connectivity index (χ0v) is 35.0. The topological polar surface area (TPSA) is 99.3 Å². The number of hydrogen-bond donors (Lipinski definition) is 0. The van der Waals surface area contributed by atoms with E-state index in [4.69, 9.17) is 14.7 Å². The fraction of sp³-hybridized carbons (Fsp3) is 0.634. The van der Waals surface area contributed by atoms with Gasteiger partial charge in [0.15, 0.2) is 9.84 Å². The Morgan fingerprint density at radius 2 is 1.23 bits per heavy atom. The summed E-state index contributed by atoms with van der Waals surface area (Å²) in [5.41, 5.74) is 3.99. The van der Waals surface area contributed by atoms with Gasteiger partial charge in [-0.3, -0.25) is 0 Å². The summed E-state index contributed by atoms with van der Waals surface area (Å²) in [5.74, 6) is 3.80. The summed E-state index contributed by atoms with van der Waals surface area (Å²) in [4.78, 5) is 23.7. The second-order valence-corrected chi connectivity index (χ2v) is 21.9. The van der Waals surface area contributed by atoms with Gasteiger partial charge in [-0.15, -0.1) is 0 Å². The molecule has 0 radical (unpaired) electrons. The van der Waals surface area contributed by atoms with E-state index in [1.165, 1.54) is 37.0 Å². The standard InChI is InChI=1S/C25H37N3O4S.C16H21BrN2/c1-24(2,3)12-22-26-20-11-19(9-10-21(20)28(22)15-17-7-8-17)33(30,31)16-18-13-27(14-18)23(29)32-25(4,5)6;1-16(2,3)9-15-18-13-8-12(17)6-7-14(13)19(15)10-11-4-5-11/h9-11,17-18H,7-8,12-16H2,1-6H3;6-8,11H,4-5,9-10H2,1-3H3. The van der Waals surface area contributed by atoms with Crippen molar-refractivity contribution in [2.75, 3.05) is 18.8 Å². The van der Waals surface area contributed by atoms with E-state index in [0.717, 1.165) is 58.7 Å². The van der Waals surface area contributed by atoms with Gasteiger partial charge in [-0.2, -0.15) is 0 Å². The van der Waals surface area contributed by atoms with Crippen LogP contribution in [0.2, 0.25) is 0 Å². The van der Waals surface area contributed by atoms with Gasteiger partial charge in [0.05, 0.1) is 32.7 Å². The summed E-state index contributed by atoms with van der Waals surface area (Å²) in [6, 6.07) is 11.8. The Morgan fingerprint density at radius 3 is 1.69 bits per heavy atom. The van der Waals surface area contributed by atoms with Gasteiger partial charge in [-0.1, -0.05) is 57.5 Å². The summed E-state index contributed by atoms with van der Waals surface area (Å²) in [6.45, 7) is 21.8. The van der Waals surface area contributed by atoms with E-state index in [0.29, 0.717) is 23.9 Å². The summed E-state index contributed by atoms with van der Waals surface area (Å²) in [5, 5.41) is 0. The van der Waals surface area contributed by atoms with Crippen molar-refractivity contribution in [2.45, 2.75) is 124 Å². The number of imidazole rings is 2. The van der Waals surface area contributed by atoms with Gasteiger partial charge in [0.25, 0.3) is 0 Å². The molecule has 9 nitrogen and oxygen atoms in total. The lowest BCUT2D eigenvalue weighted by Gasteiger charge is -2.39. The third-order valence-corrected chi connectivity index (χ3v) is 12.0. The molecule has 0 unspecified atom stereocenters. The van der Waals surface area contributed by atoms with Crippen molar-refractivity contribution in [3.8, 4) is 0 Å². The van der Waals surface area contributed by atoms with E-state index in [1.54, 1.807) is 17.0 Å². The van der Waals surface area contributed by atoms with Crippen LogP contribution in [0.4, 0.5) is 4.79 Å². The number of benzene rings is 2. The molecule has 52 heavy (non-hydrogen) atoms. The van der Waals surface area contributed by atoms with Gasteiger partial charge in [-0.05, 0) is 106 Å². The number of amides is 1. The molecule has 1 amide bonds. The highest BCUT2D eigenvalue weighted by Gasteiger charge is 2.37. The van der Waals surface area contributed by atoms with Gasteiger partial charge in [0.1, 0.15) is 17.2 Å². The number of ether oxygens (including phenoxy) is 1. The molecule has 0 bridgehead atoms. The number of rotatable bonds is 9.